The van der Waals surface area contributed by atoms with Crippen molar-refractivity contribution in [2.75, 3.05) is 26.2 Å². The predicted molar refractivity (Wildman–Crippen MR) is 99.5 cm³/mol. The lowest BCUT2D eigenvalue weighted by molar-refractivity contribution is -0.384. The molecule has 2 fully saturated rings. The van der Waals surface area contributed by atoms with Crippen molar-refractivity contribution < 1.29 is 14.8 Å². The first-order chi connectivity index (χ1) is 12.0. The molecule has 0 radical (unpaired) electrons. The van der Waals surface area contributed by atoms with Crippen LogP contribution in [0.5, 0.6) is 5.75 Å². The molecule has 7 nitrogen and oxygen atoms in total. The number of benzene rings is 1. The summed E-state index contributed by atoms with van der Waals surface area (Å²) in [5, 5.41) is 20.7. The molecular weight excluding hydrogens is 362 g/mol. The lowest BCUT2D eigenvalue weighted by Crippen LogP contribution is -2.50. The number of amides is 1. The fourth-order valence-corrected chi connectivity index (χ4v) is 3.96. The third-order valence-corrected chi connectivity index (χ3v) is 5.97. The van der Waals surface area contributed by atoms with Gasteiger partial charge in [0.2, 0.25) is 5.91 Å². The number of rotatable bonds is 4. The number of non-ortho nitro benzene ring substituents is 1. The Kier molecular flexibility index (Phi) is 5.43. The van der Waals surface area contributed by atoms with Crippen molar-refractivity contribution in [1.29, 1.82) is 0 Å². The van der Waals surface area contributed by atoms with Gasteiger partial charge in [-0.2, -0.15) is 0 Å². The Labute approximate surface area is 155 Å². The Morgan fingerprint density at radius 1 is 1.28 bits per heavy atom. The zero-order chi connectivity index (χ0) is 18.0. The SMILES string of the molecule is O=C(C1CC1)N1CCN(C(=S)SCc2cc([N+](=O)[O-])ccc2O)CC1. The normalized spacial score (nSPS) is 17.4. The van der Waals surface area contributed by atoms with Crippen LogP contribution < -0.4 is 0 Å². The molecule has 0 atom stereocenters. The molecular formula is C16H19N3O4S2. The van der Waals surface area contributed by atoms with E-state index in [4.69, 9.17) is 12.2 Å². The number of carbonyl (C=O) groups is 1. The Morgan fingerprint density at radius 3 is 2.52 bits per heavy atom. The molecule has 1 aliphatic carbocycles. The number of thiocarbonyl (C=S) groups is 1. The van der Waals surface area contributed by atoms with Crippen LogP contribution in [0.4, 0.5) is 5.69 Å². The summed E-state index contributed by atoms with van der Waals surface area (Å²) in [6, 6.07) is 3.98. The summed E-state index contributed by atoms with van der Waals surface area (Å²) < 4.78 is 0.685. The maximum absolute atomic E-state index is 12.1. The molecule has 3 rings (SSSR count). The zero-order valence-corrected chi connectivity index (χ0v) is 15.2. The number of hydrogen-bond donors (Lipinski definition) is 1. The number of aromatic hydroxyl groups is 1. The quantitative estimate of drug-likeness (QED) is 0.487. The maximum Gasteiger partial charge on any atom is 0.270 e. The Bertz CT molecular complexity index is 701. The van der Waals surface area contributed by atoms with Gasteiger partial charge in [-0.3, -0.25) is 14.9 Å². The summed E-state index contributed by atoms with van der Waals surface area (Å²) in [7, 11) is 0. The van der Waals surface area contributed by atoms with Crippen LogP contribution in [0.3, 0.4) is 0 Å². The van der Waals surface area contributed by atoms with Gasteiger partial charge in [0, 0.05) is 55.5 Å². The smallest absolute Gasteiger partial charge is 0.270 e. The van der Waals surface area contributed by atoms with Crippen molar-refractivity contribution >= 4 is 39.9 Å². The molecule has 0 aromatic heterocycles. The third-order valence-electron chi connectivity index (χ3n) is 4.40. The number of nitrogens with zero attached hydrogens (tertiary/aromatic N) is 3. The highest BCUT2D eigenvalue weighted by Crippen LogP contribution is 2.32. The fraction of sp³-hybridized carbons (Fsp3) is 0.500. The molecule has 0 spiro atoms. The fourth-order valence-electron chi connectivity index (χ4n) is 2.73. The van der Waals surface area contributed by atoms with E-state index in [0.29, 0.717) is 41.8 Å². The van der Waals surface area contributed by atoms with Crippen LogP contribution in [-0.2, 0) is 10.5 Å². The van der Waals surface area contributed by atoms with Crippen LogP contribution in [0.2, 0.25) is 0 Å². The highest BCUT2D eigenvalue weighted by molar-refractivity contribution is 8.22. The first-order valence-corrected chi connectivity index (χ1v) is 9.52. The first-order valence-electron chi connectivity index (χ1n) is 8.12. The zero-order valence-electron chi connectivity index (χ0n) is 13.6. The standard InChI is InChI=1S/C16H19N3O4S2/c20-14-4-3-13(19(22)23)9-12(14)10-25-16(24)18-7-5-17(6-8-18)15(21)11-1-2-11/h3-4,9,11,20H,1-2,5-8,10H2. The number of carbonyl (C=O) groups excluding carboxylic acids is 1. The molecule has 1 saturated heterocycles. The van der Waals surface area contributed by atoms with Crippen LogP contribution in [0.25, 0.3) is 0 Å². The average molecular weight is 381 g/mol. The summed E-state index contributed by atoms with van der Waals surface area (Å²) in [5.41, 5.74) is 0.440. The van der Waals surface area contributed by atoms with Crippen molar-refractivity contribution in [3.05, 3.63) is 33.9 Å². The van der Waals surface area contributed by atoms with Gasteiger partial charge in [0.15, 0.2) is 0 Å². The predicted octanol–water partition coefficient (Wildman–Crippen LogP) is 2.37. The largest absolute Gasteiger partial charge is 0.508 e. The molecule has 1 aromatic carbocycles. The van der Waals surface area contributed by atoms with Gasteiger partial charge in [0.05, 0.1) is 4.92 Å². The summed E-state index contributed by atoms with van der Waals surface area (Å²) in [4.78, 5) is 26.4. The minimum atomic E-state index is -0.484. The molecule has 1 N–H and O–H groups in total. The second-order valence-electron chi connectivity index (χ2n) is 6.21. The monoisotopic (exact) mass is 381 g/mol. The van der Waals surface area contributed by atoms with E-state index in [9.17, 15) is 20.0 Å². The molecule has 1 aromatic rings. The topological polar surface area (TPSA) is 86.9 Å². The van der Waals surface area contributed by atoms with Gasteiger partial charge < -0.3 is 14.9 Å². The number of hydrogen-bond acceptors (Lipinski definition) is 6. The molecule has 9 heteroatoms. The van der Waals surface area contributed by atoms with Crippen LogP contribution >= 0.6 is 24.0 Å². The minimum Gasteiger partial charge on any atom is -0.508 e. The van der Waals surface area contributed by atoms with Gasteiger partial charge in [0.25, 0.3) is 5.69 Å². The molecule has 1 amide bonds. The number of piperazine rings is 1. The highest BCUT2D eigenvalue weighted by Gasteiger charge is 2.34. The van der Waals surface area contributed by atoms with Crippen LogP contribution in [0.15, 0.2) is 18.2 Å². The molecule has 1 heterocycles. The van der Waals surface area contributed by atoms with Crippen molar-refractivity contribution in [2.24, 2.45) is 5.92 Å². The second-order valence-corrected chi connectivity index (χ2v) is 7.82. The van der Waals surface area contributed by atoms with Crippen LogP contribution in [0.1, 0.15) is 18.4 Å². The van der Waals surface area contributed by atoms with Crippen molar-refractivity contribution in [3.8, 4) is 5.75 Å². The van der Waals surface area contributed by atoms with Gasteiger partial charge in [0.1, 0.15) is 10.1 Å². The second kappa shape index (κ2) is 7.57. The van der Waals surface area contributed by atoms with Gasteiger partial charge >= 0.3 is 0 Å². The number of thioether (sulfide) groups is 1. The van der Waals surface area contributed by atoms with E-state index in [1.807, 2.05) is 9.80 Å². The Morgan fingerprint density at radius 2 is 1.92 bits per heavy atom. The van der Waals surface area contributed by atoms with Crippen molar-refractivity contribution in [1.82, 2.24) is 9.80 Å². The summed E-state index contributed by atoms with van der Waals surface area (Å²) >= 11 is 6.81. The van der Waals surface area contributed by atoms with E-state index in [-0.39, 0.29) is 23.3 Å². The van der Waals surface area contributed by atoms with E-state index >= 15 is 0 Å². The van der Waals surface area contributed by atoms with E-state index in [1.165, 1.54) is 30.0 Å². The van der Waals surface area contributed by atoms with E-state index < -0.39 is 4.92 Å². The number of nitro benzene ring substituents is 1. The summed E-state index contributed by atoms with van der Waals surface area (Å²) in [6.45, 7) is 2.76. The third kappa shape index (κ3) is 4.40. The number of phenols is 1. The van der Waals surface area contributed by atoms with Gasteiger partial charge in [-0.1, -0.05) is 24.0 Å². The van der Waals surface area contributed by atoms with E-state index in [2.05, 4.69) is 0 Å². The lowest BCUT2D eigenvalue weighted by atomic mass is 10.2. The summed E-state index contributed by atoms with van der Waals surface area (Å²) in [5.74, 6) is 0.901. The lowest BCUT2D eigenvalue weighted by Gasteiger charge is -2.36. The summed E-state index contributed by atoms with van der Waals surface area (Å²) in [6.07, 6.45) is 2.03. The van der Waals surface area contributed by atoms with Crippen LogP contribution in [-0.4, -0.2) is 56.2 Å². The molecule has 0 unspecified atom stereocenters. The molecule has 0 bridgehead atoms. The Balaban J connectivity index is 1.51. The number of nitro groups is 1. The molecule has 1 aliphatic heterocycles. The average Bonchev–Trinajstić information content (AvgIpc) is 3.45. The first kappa shape index (κ1) is 17.9. The molecule has 1 saturated carbocycles. The van der Waals surface area contributed by atoms with Crippen molar-refractivity contribution in [3.63, 3.8) is 0 Å². The highest BCUT2D eigenvalue weighted by atomic mass is 32.2. The molecule has 25 heavy (non-hydrogen) atoms. The van der Waals surface area contributed by atoms with Gasteiger partial charge in [-0.25, -0.2) is 0 Å². The van der Waals surface area contributed by atoms with Crippen molar-refractivity contribution in [2.45, 2.75) is 18.6 Å². The van der Waals surface area contributed by atoms with Gasteiger partial charge in [-0.15, -0.1) is 0 Å². The Hall–Kier alpha value is -1.87. The van der Waals surface area contributed by atoms with E-state index in [0.717, 1.165) is 12.8 Å². The molecule has 2 aliphatic rings. The van der Waals surface area contributed by atoms with Crippen LogP contribution in [0, 0.1) is 16.0 Å². The van der Waals surface area contributed by atoms with E-state index in [1.54, 1.807) is 0 Å². The maximum atomic E-state index is 12.1. The number of phenolic OH excluding ortho intramolecular Hbond substituents is 1. The molecule has 134 valence electrons. The van der Waals surface area contributed by atoms with Gasteiger partial charge in [-0.05, 0) is 18.9 Å². The minimum absolute atomic E-state index is 0.0285.